The number of nitrogens with zero attached hydrogens (tertiary/aromatic N) is 2. The van der Waals surface area contributed by atoms with Crippen molar-refractivity contribution in [2.45, 2.75) is 65.4 Å². The standard InChI is InChI=1S/C20H30N2O4S/c1-8-21(9-2)27(24,25)16-10-11-18-17(12-16)15(7)19(26-18)20(23)22(13(3)4)14(5)6/h10-14H,8-9H2,1-7H3. The highest BCUT2D eigenvalue weighted by Crippen LogP contribution is 2.30. The third-order valence-electron chi connectivity index (χ3n) is 4.79. The van der Waals surface area contributed by atoms with Gasteiger partial charge in [-0.05, 0) is 52.8 Å². The molecule has 27 heavy (non-hydrogen) atoms. The summed E-state index contributed by atoms with van der Waals surface area (Å²) >= 11 is 0. The molecule has 0 bridgehead atoms. The number of rotatable bonds is 7. The molecule has 0 fully saturated rings. The summed E-state index contributed by atoms with van der Waals surface area (Å²) in [5.74, 6) is 0.0895. The van der Waals surface area contributed by atoms with Gasteiger partial charge >= 0.3 is 0 Å². The van der Waals surface area contributed by atoms with Crippen LogP contribution in [-0.2, 0) is 10.0 Å². The zero-order valence-corrected chi connectivity index (χ0v) is 18.1. The third-order valence-corrected chi connectivity index (χ3v) is 6.84. The summed E-state index contributed by atoms with van der Waals surface area (Å²) in [6, 6.07) is 4.83. The number of aryl methyl sites for hydroxylation is 1. The molecule has 0 spiro atoms. The van der Waals surface area contributed by atoms with Crippen LogP contribution in [0.15, 0.2) is 27.5 Å². The van der Waals surface area contributed by atoms with Crippen LogP contribution in [0.5, 0.6) is 0 Å². The molecule has 0 aliphatic rings. The highest BCUT2D eigenvalue weighted by atomic mass is 32.2. The molecule has 0 unspecified atom stereocenters. The molecule has 0 N–H and O–H groups in total. The van der Waals surface area contributed by atoms with Gasteiger partial charge in [-0.1, -0.05) is 13.8 Å². The molecule has 7 heteroatoms. The molecule has 0 atom stereocenters. The molecule has 1 aromatic carbocycles. The lowest BCUT2D eigenvalue weighted by Crippen LogP contribution is -2.42. The molecule has 0 radical (unpaired) electrons. The summed E-state index contributed by atoms with van der Waals surface area (Å²) in [5.41, 5.74) is 1.18. The predicted octanol–water partition coefficient (Wildman–Crippen LogP) is 4.03. The second-order valence-electron chi connectivity index (χ2n) is 7.20. The molecule has 0 aliphatic carbocycles. The Kier molecular flexibility index (Phi) is 6.37. The van der Waals surface area contributed by atoms with Crippen LogP contribution in [0, 0.1) is 6.92 Å². The fourth-order valence-corrected chi connectivity index (χ4v) is 4.94. The van der Waals surface area contributed by atoms with Crippen molar-refractivity contribution in [1.82, 2.24) is 9.21 Å². The molecule has 0 saturated carbocycles. The van der Waals surface area contributed by atoms with Crippen LogP contribution in [-0.4, -0.2) is 48.7 Å². The highest BCUT2D eigenvalue weighted by Gasteiger charge is 2.28. The van der Waals surface area contributed by atoms with Crippen LogP contribution < -0.4 is 0 Å². The number of benzene rings is 1. The molecule has 1 heterocycles. The summed E-state index contributed by atoms with van der Waals surface area (Å²) in [6.07, 6.45) is 0. The van der Waals surface area contributed by atoms with Crippen LogP contribution in [0.4, 0.5) is 0 Å². The predicted molar refractivity (Wildman–Crippen MR) is 107 cm³/mol. The fourth-order valence-electron chi connectivity index (χ4n) is 3.46. The van der Waals surface area contributed by atoms with Gasteiger partial charge in [0.25, 0.3) is 5.91 Å². The Morgan fingerprint density at radius 3 is 2.11 bits per heavy atom. The van der Waals surface area contributed by atoms with Gasteiger partial charge in [0.2, 0.25) is 10.0 Å². The van der Waals surface area contributed by atoms with Gasteiger partial charge in [-0.2, -0.15) is 4.31 Å². The van der Waals surface area contributed by atoms with Crippen LogP contribution in [0.1, 0.15) is 57.7 Å². The van der Waals surface area contributed by atoms with Gasteiger partial charge in [-0.25, -0.2) is 8.42 Å². The van der Waals surface area contributed by atoms with E-state index in [1.807, 2.05) is 41.5 Å². The second-order valence-corrected chi connectivity index (χ2v) is 9.14. The van der Waals surface area contributed by atoms with E-state index in [0.29, 0.717) is 29.6 Å². The van der Waals surface area contributed by atoms with Crippen molar-refractivity contribution in [3.63, 3.8) is 0 Å². The van der Waals surface area contributed by atoms with Crippen molar-refractivity contribution in [2.24, 2.45) is 0 Å². The van der Waals surface area contributed by atoms with Gasteiger partial charge in [0.1, 0.15) is 5.58 Å². The number of sulfonamides is 1. The van der Waals surface area contributed by atoms with Crippen LogP contribution >= 0.6 is 0 Å². The zero-order valence-electron chi connectivity index (χ0n) is 17.2. The first-order valence-corrected chi connectivity index (χ1v) is 10.9. The quantitative estimate of drug-likeness (QED) is 0.711. The van der Waals surface area contributed by atoms with E-state index in [4.69, 9.17) is 4.42 Å². The van der Waals surface area contributed by atoms with E-state index >= 15 is 0 Å². The summed E-state index contributed by atoms with van der Waals surface area (Å²) in [5, 5.41) is 0.652. The summed E-state index contributed by atoms with van der Waals surface area (Å²) < 4.78 is 32.8. The summed E-state index contributed by atoms with van der Waals surface area (Å²) in [6.45, 7) is 14.1. The third kappa shape index (κ3) is 3.89. The van der Waals surface area contributed by atoms with E-state index < -0.39 is 10.0 Å². The van der Waals surface area contributed by atoms with E-state index in [-0.39, 0.29) is 28.6 Å². The van der Waals surface area contributed by atoms with E-state index in [0.717, 1.165) is 0 Å². The molecule has 6 nitrogen and oxygen atoms in total. The Morgan fingerprint density at radius 2 is 1.63 bits per heavy atom. The van der Waals surface area contributed by atoms with Crippen molar-refractivity contribution in [3.8, 4) is 0 Å². The maximum Gasteiger partial charge on any atom is 0.290 e. The number of hydrogen-bond acceptors (Lipinski definition) is 4. The lowest BCUT2D eigenvalue weighted by atomic mass is 10.1. The van der Waals surface area contributed by atoms with Crippen molar-refractivity contribution in [3.05, 3.63) is 29.5 Å². The minimum absolute atomic E-state index is 0.0312. The second kappa shape index (κ2) is 8.02. The molecule has 0 saturated heterocycles. The lowest BCUT2D eigenvalue weighted by molar-refractivity contribution is 0.0612. The van der Waals surface area contributed by atoms with Gasteiger partial charge in [0.05, 0.1) is 4.90 Å². The topological polar surface area (TPSA) is 70.8 Å². The van der Waals surface area contributed by atoms with Crippen LogP contribution in [0.25, 0.3) is 11.0 Å². The summed E-state index contributed by atoms with van der Waals surface area (Å²) in [7, 11) is -3.57. The molecular weight excluding hydrogens is 364 g/mol. The molecule has 150 valence electrons. The Balaban J connectivity index is 2.57. The van der Waals surface area contributed by atoms with E-state index in [1.54, 1.807) is 24.0 Å². The Labute approximate surface area is 162 Å². The molecular formula is C20H30N2O4S. The molecule has 1 amide bonds. The lowest BCUT2D eigenvalue weighted by Gasteiger charge is -2.30. The van der Waals surface area contributed by atoms with Crippen molar-refractivity contribution in [1.29, 1.82) is 0 Å². The fraction of sp³-hybridized carbons (Fsp3) is 0.550. The Bertz CT molecular complexity index is 917. The number of carbonyl (C=O) groups excluding carboxylic acids is 1. The van der Waals surface area contributed by atoms with Crippen LogP contribution in [0.3, 0.4) is 0 Å². The molecule has 1 aromatic heterocycles. The van der Waals surface area contributed by atoms with E-state index in [9.17, 15) is 13.2 Å². The summed E-state index contributed by atoms with van der Waals surface area (Å²) in [4.78, 5) is 15.0. The van der Waals surface area contributed by atoms with Gasteiger partial charge in [-0.15, -0.1) is 0 Å². The largest absolute Gasteiger partial charge is 0.451 e. The zero-order chi connectivity index (χ0) is 20.5. The van der Waals surface area contributed by atoms with Crippen molar-refractivity contribution < 1.29 is 17.6 Å². The van der Waals surface area contributed by atoms with E-state index in [1.165, 1.54) is 10.4 Å². The molecule has 2 rings (SSSR count). The Hall–Kier alpha value is -1.86. The highest BCUT2D eigenvalue weighted by molar-refractivity contribution is 7.89. The van der Waals surface area contributed by atoms with Gasteiger partial charge in [-0.3, -0.25) is 4.79 Å². The first-order chi connectivity index (χ1) is 12.6. The normalized spacial score (nSPS) is 12.5. The SMILES string of the molecule is CCN(CC)S(=O)(=O)c1ccc2oc(C(=O)N(C(C)C)C(C)C)c(C)c2c1. The van der Waals surface area contributed by atoms with Crippen LogP contribution in [0.2, 0.25) is 0 Å². The Morgan fingerprint density at radius 1 is 1.07 bits per heavy atom. The van der Waals surface area contributed by atoms with Gasteiger partial charge < -0.3 is 9.32 Å². The van der Waals surface area contributed by atoms with Gasteiger partial charge in [0.15, 0.2) is 5.76 Å². The number of carbonyl (C=O) groups is 1. The first kappa shape index (κ1) is 21.4. The first-order valence-electron chi connectivity index (χ1n) is 9.42. The number of hydrogen-bond donors (Lipinski definition) is 0. The van der Waals surface area contributed by atoms with Crippen molar-refractivity contribution in [2.75, 3.05) is 13.1 Å². The maximum absolute atomic E-state index is 13.0. The smallest absolute Gasteiger partial charge is 0.290 e. The number of fused-ring (bicyclic) bond motifs is 1. The minimum Gasteiger partial charge on any atom is -0.451 e. The number of amides is 1. The van der Waals surface area contributed by atoms with E-state index in [2.05, 4.69) is 0 Å². The average Bonchev–Trinajstić information content (AvgIpc) is 2.91. The van der Waals surface area contributed by atoms with Crippen molar-refractivity contribution >= 4 is 26.9 Å². The monoisotopic (exact) mass is 394 g/mol. The van der Waals surface area contributed by atoms with Gasteiger partial charge in [0, 0.05) is 36.1 Å². The number of furan rings is 1. The average molecular weight is 395 g/mol. The molecule has 0 aliphatic heterocycles. The minimum atomic E-state index is -3.57. The maximum atomic E-state index is 13.0. The molecule has 2 aromatic rings.